The molecule has 0 saturated carbocycles. The van der Waals surface area contributed by atoms with Crippen LogP contribution in [0.4, 0.5) is 17.6 Å². The zero-order valence-corrected chi connectivity index (χ0v) is 17.9. The maximum atomic E-state index is 12.7. The number of benzene rings is 1. The van der Waals surface area contributed by atoms with Crippen molar-refractivity contribution < 1.29 is 4.79 Å². The number of hydrogen-bond acceptors (Lipinski definition) is 6. The summed E-state index contributed by atoms with van der Waals surface area (Å²) in [6.45, 7) is 0.795. The maximum absolute atomic E-state index is 12.7. The van der Waals surface area contributed by atoms with Crippen molar-refractivity contribution in [3.63, 3.8) is 0 Å². The molecule has 8 heteroatoms. The maximum Gasteiger partial charge on any atom is 0.244 e. The SMILES string of the molecule is CN(C)C(=O)[C@@H]1CCCN1c1nc2c(c(Nc3cc(-c4ccccc4)[nH]n3)n1)CCC2. The predicted octanol–water partition coefficient (Wildman–Crippen LogP) is 3.16. The molecule has 1 amide bonds. The van der Waals surface area contributed by atoms with Crippen LogP contribution in [0.5, 0.6) is 0 Å². The van der Waals surface area contributed by atoms with Gasteiger partial charge in [0.05, 0.1) is 11.4 Å². The minimum Gasteiger partial charge on any atom is -0.347 e. The molecule has 1 aromatic carbocycles. The average molecular weight is 418 g/mol. The number of aryl methyl sites for hydroxylation is 1. The lowest BCUT2D eigenvalue weighted by Crippen LogP contribution is -2.43. The van der Waals surface area contributed by atoms with Gasteiger partial charge in [-0.25, -0.2) is 4.98 Å². The smallest absolute Gasteiger partial charge is 0.244 e. The van der Waals surface area contributed by atoms with Crippen molar-refractivity contribution in [2.75, 3.05) is 30.9 Å². The molecule has 5 rings (SSSR count). The van der Waals surface area contributed by atoms with E-state index in [1.165, 1.54) is 0 Å². The lowest BCUT2D eigenvalue weighted by Gasteiger charge is -2.27. The molecule has 160 valence electrons. The fourth-order valence-electron chi connectivity index (χ4n) is 4.48. The van der Waals surface area contributed by atoms with Crippen molar-refractivity contribution in [1.29, 1.82) is 0 Å². The summed E-state index contributed by atoms with van der Waals surface area (Å²) >= 11 is 0. The topological polar surface area (TPSA) is 90.0 Å². The van der Waals surface area contributed by atoms with Crippen molar-refractivity contribution >= 4 is 23.5 Å². The van der Waals surface area contributed by atoms with E-state index in [1.807, 2.05) is 36.4 Å². The van der Waals surface area contributed by atoms with Crippen molar-refractivity contribution in [3.05, 3.63) is 47.7 Å². The Morgan fingerprint density at radius 1 is 1.16 bits per heavy atom. The van der Waals surface area contributed by atoms with E-state index in [0.717, 1.165) is 72.8 Å². The number of carbonyl (C=O) groups excluding carboxylic acids is 1. The van der Waals surface area contributed by atoms with Gasteiger partial charge in [-0.05, 0) is 37.7 Å². The lowest BCUT2D eigenvalue weighted by molar-refractivity contribution is -0.129. The molecule has 0 spiro atoms. The van der Waals surface area contributed by atoms with E-state index in [4.69, 9.17) is 9.97 Å². The molecular weight excluding hydrogens is 390 g/mol. The zero-order chi connectivity index (χ0) is 21.4. The quantitative estimate of drug-likeness (QED) is 0.663. The fraction of sp³-hybridized carbons (Fsp3) is 0.391. The Labute approximate surface area is 181 Å². The number of fused-ring (bicyclic) bond motifs is 1. The van der Waals surface area contributed by atoms with Gasteiger partial charge in [-0.2, -0.15) is 10.1 Å². The summed E-state index contributed by atoms with van der Waals surface area (Å²) in [4.78, 5) is 26.1. The highest BCUT2D eigenvalue weighted by Crippen LogP contribution is 2.33. The first-order valence-corrected chi connectivity index (χ1v) is 10.9. The molecule has 8 nitrogen and oxygen atoms in total. The molecule has 31 heavy (non-hydrogen) atoms. The summed E-state index contributed by atoms with van der Waals surface area (Å²) in [6.07, 6.45) is 4.76. The number of carbonyl (C=O) groups is 1. The Morgan fingerprint density at radius 2 is 2.00 bits per heavy atom. The second kappa shape index (κ2) is 8.02. The molecule has 2 aliphatic rings. The van der Waals surface area contributed by atoms with Gasteiger partial charge in [-0.3, -0.25) is 9.89 Å². The van der Waals surface area contributed by atoms with E-state index in [2.05, 4.69) is 20.4 Å². The number of anilines is 3. The van der Waals surface area contributed by atoms with E-state index in [9.17, 15) is 4.79 Å². The molecule has 1 aliphatic heterocycles. The molecule has 2 N–H and O–H groups in total. The van der Waals surface area contributed by atoms with Gasteiger partial charge in [-0.1, -0.05) is 30.3 Å². The van der Waals surface area contributed by atoms with Crippen LogP contribution < -0.4 is 10.2 Å². The molecule has 0 bridgehead atoms. The van der Waals surface area contributed by atoms with Crippen LogP contribution in [-0.2, 0) is 17.6 Å². The van der Waals surface area contributed by atoms with Crippen LogP contribution in [0.3, 0.4) is 0 Å². The minimum atomic E-state index is -0.197. The number of nitrogens with zero attached hydrogens (tertiary/aromatic N) is 5. The molecule has 0 radical (unpaired) electrons. The third kappa shape index (κ3) is 3.73. The highest BCUT2D eigenvalue weighted by Gasteiger charge is 2.34. The van der Waals surface area contributed by atoms with Crippen molar-refractivity contribution in [2.45, 2.75) is 38.1 Å². The van der Waals surface area contributed by atoms with Crippen molar-refractivity contribution in [1.82, 2.24) is 25.1 Å². The molecule has 0 unspecified atom stereocenters. The molecule has 1 aliphatic carbocycles. The first kappa shape index (κ1) is 19.5. The molecular formula is C23H27N7O. The Bertz CT molecular complexity index is 1090. The molecule has 3 aromatic rings. The number of aromatic amines is 1. The highest BCUT2D eigenvalue weighted by atomic mass is 16.2. The summed E-state index contributed by atoms with van der Waals surface area (Å²) < 4.78 is 0. The van der Waals surface area contributed by atoms with Crippen LogP contribution in [0.25, 0.3) is 11.3 Å². The van der Waals surface area contributed by atoms with Gasteiger partial charge in [0.25, 0.3) is 0 Å². The van der Waals surface area contributed by atoms with Gasteiger partial charge in [0.15, 0.2) is 5.82 Å². The second-order valence-electron chi connectivity index (χ2n) is 8.39. The van der Waals surface area contributed by atoms with Crippen LogP contribution in [0, 0.1) is 0 Å². The van der Waals surface area contributed by atoms with Crippen LogP contribution in [0.1, 0.15) is 30.5 Å². The van der Waals surface area contributed by atoms with Gasteiger partial charge >= 0.3 is 0 Å². The Kier molecular flexibility index (Phi) is 5.05. The van der Waals surface area contributed by atoms with Gasteiger partial charge in [-0.15, -0.1) is 0 Å². The second-order valence-corrected chi connectivity index (χ2v) is 8.39. The zero-order valence-electron chi connectivity index (χ0n) is 17.9. The lowest BCUT2D eigenvalue weighted by atomic mass is 10.1. The van der Waals surface area contributed by atoms with Crippen molar-refractivity contribution in [2.24, 2.45) is 0 Å². The summed E-state index contributed by atoms with van der Waals surface area (Å²) in [6, 6.07) is 11.9. The van der Waals surface area contributed by atoms with Gasteiger partial charge < -0.3 is 15.1 Å². The fourth-order valence-corrected chi connectivity index (χ4v) is 4.48. The molecule has 1 atom stereocenters. The van der Waals surface area contributed by atoms with Crippen molar-refractivity contribution in [3.8, 4) is 11.3 Å². The Morgan fingerprint density at radius 3 is 2.81 bits per heavy atom. The molecule has 2 aromatic heterocycles. The van der Waals surface area contributed by atoms with E-state index in [-0.39, 0.29) is 11.9 Å². The van der Waals surface area contributed by atoms with Gasteiger partial charge in [0, 0.05) is 32.3 Å². The van der Waals surface area contributed by atoms with E-state index in [0.29, 0.717) is 5.95 Å². The third-order valence-corrected chi connectivity index (χ3v) is 6.07. The summed E-state index contributed by atoms with van der Waals surface area (Å²) in [5.41, 5.74) is 4.26. The third-order valence-electron chi connectivity index (χ3n) is 6.07. The number of aromatic nitrogens is 4. The predicted molar refractivity (Wildman–Crippen MR) is 120 cm³/mol. The molecule has 3 heterocycles. The number of likely N-dealkylation sites (N-methyl/N-ethyl adjacent to an activating group) is 1. The highest BCUT2D eigenvalue weighted by molar-refractivity contribution is 5.85. The normalized spacial score (nSPS) is 17.6. The standard InChI is InChI=1S/C23H27N7O/c1-29(2)22(31)19-12-7-13-30(19)23-24-17-11-6-10-16(17)21(26-23)25-20-14-18(27-28-20)15-8-4-3-5-9-15/h3-5,8-9,14,19H,6-7,10-13H2,1-2H3,(H2,24,25,26,27,28)/t19-/m0/s1. The van der Waals surface area contributed by atoms with Gasteiger partial charge in [0.1, 0.15) is 11.9 Å². The molecule has 1 saturated heterocycles. The van der Waals surface area contributed by atoms with Crippen LogP contribution in [0.15, 0.2) is 36.4 Å². The summed E-state index contributed by atoms with van der Waals surface area (Å²) in [7, 11) is 3.61. The van der Waals surface area contributed by atoms with Crippen LogP contribution in [-0.4, -0.2) is 57.7 Å². The first-order chi connectivity index (χ1) is 15.1. The van der Waals surface area contributed by atoms with E-state index in [1.54, 1.807) is 19.0 Å². The van der Waals surface area contributed by atoms with Crippen LogP contribution in [0.2, 0.25) is 0 Å². The van der Waals surface area contributed by atoms with E-state index < -0.39 is 0 Å². The summed E-state index contributed by atoms with van der Waals surface area (Å²) in [5, 5.41) is 10.9. The van der Waals surface area contributed by atoms with E-state index >= 15 is 0 Å². The van der Waals surface area contributed by atoms with Gasteiger partial charge in [0.2, 0.25) is 11.9 Å². The first-order valence-electron chi connectivity index (χ1n) is 10.9. The average Bonchev–Trinajstić information content (AvgIpc) is 3.53. The number of nitrogens with one attached hydrogen (secondary N) is 2. The Hall–Kier alpha value is -3.42. The number of rotatable bonds is 5. The minimum absolute atomic E-state index is 0.107. The monoisotopic (exact) mass is 417 g/mol. The number of amides is 1. The summed E-state index contributed by atoms with van der Waals surface area (Å²) in [5.74, 6) is 2.27. The number of hydrogen-bond donors (Lipinski definition) is 2. The Balaban J connectivity index is 1.45. The number of H-pyrrole nitrogens is 1. The molecule has 1 fully saturated rings. The largest absolute Gasteiger partial charge is 0.347 e. The van der Waals surface area contributed by atoms with Crippen LogP contribution >= 0.6 is 0 Å².